The van der Waals surface area contributed by atoms with Crippen molar-refractivity contribution in [2.24, 2.45) is 0 Å². The molecule has 0 saturated heterocycles. The lowest BCUT2D eigenvalue weighted by Gasteiger charge is -2.10. The third kappa shape index (κ3) is 3.52. The predicted octanol–water partition coefficient (Wildman–Crippen LogP) is 2.41. The average molecular weight is 378 g/mol. The smallest absolute Gasteiger partial charge is 0.313 e. The van der Waals surface area contributed by atoms with Crippen molar-refractivity contribution in [3.05, 3.63) is 76.2 Å². The van der Waals surface area contributed by atoms with E-state index in [1.54, 1.807) is 6.07 Å². The van der Waals surface area contributed by atoms with Crippen LogP contribution in [0.1, 0.15) is 11.3 Å². The molecule has 8 heteroatoms. The van der Waals surface area contributed by atoms with E-state index in [0.29, 0.717) is 28.1 Å². The van der Waals surface area contributed by atoms with Gasteiger partial charge in [0, 0.05) is 11.8 Å². The Kier molecular flexibility index (Phi) is 4.55. The molecule has 0 unspecified atom stereocenters. The normalized spacial score (nSPS) is 11.1. The maximum atomic E-state index is 12.6. The molecule has 1 N–H and O–H groups in total. The van der Waals surface area contributed by atoms with Crippen LogP contribution in [0.2, 0.25) is 0 Å². The van der Waals surface area contributed by atoms with Crippen LogP contribution in [-0.4, -0.2) is 36.4 Å². The number of rotatable bonds is 5. The summed E-state index contributed by atoms with van der Waals surface area (Å²) in [7, 11) is 0. The van der Waals surface area contributed by atoms with E-state index in [1.165, 1.54) is 4.52 Å². The molecule has 0 amide bonds. The van der Waals surface area contributed by atoms with Crippen molar-refractivity contribution in [1.29, 1.82) is 0 Å². The number of benzene rings is 2. The van der Waals surface area contributed by atoms with Crippen LogP contribution in [0.4, 0.5) is 0 Å². The van der Waals surface area contributed by atoms with E-state index in [1.807, 2.05) is 48.5 Å². The Morgan fingerprint density at radius 3 is 2.56 bits per heavy atom. The summed E-state index contributed by atoms with van der Waals surface area (Å²) in [5.41, 5.74) is 1.83. The van der Waals surface area contributed by atoms with Crippen molar-refractivity contribution in [2.75, 3.05) is 5.75 Å². The Balaban J connectivity index is 1.91. The minimum absolute atomic E-state index is 0.164. The van der Waals surface area contributed by atoms with Gasteiger partial charge in [-0.3, -0.25) is 9.59 Å². The van der Waals surface area contributed by atoms with Gasteiger partial charge in [-0.15, -0.1) is 0 Å². The molecule has 4 aromatic rings. The van der Waals surface area contributed by atoms with Crippen molar-refractivity contribution in [2.45, 2.75) is 11.6 Å². The van der Waals surface area contributed by atoms with Crippen molar-refractivity contribution < 1.29 is 9.90 Å². The van der Waals surface area contributed by atoms with E-state index < -0.39 is 11.5 Å². The summed E-state index contributed by atoms with van der Waals surface area (Å²) >= 11 is 1.04. The molecule has 7 nitrogen and oxygen atoms in total. The third-order valence-electron chi connectivity index (χ3n) is 3.96. The molecule has 27 heavy (non-hydrogen) atoms. The van der Waals surface area contributed by atoms with Gasteiger partial charge in [-0.1, -0.05) is 54.2 Å². The lowest BCUT2D eigenvalue weighted by atomic mass is 10.1. The van der Waals surface area contributed by atoms with Gasteiger partial charge in [0.1, 0.15) is 5.69 Å². The van der Waals surface area contributed by atoms with Crippen molar-refractivity contribution >= 4 is 34.3 Å². The van der Waals surface area contributed by atoms with Crippen LogP contribution in [0.25, 0.3) is 16.6 Å². The van der Waals surface area contributed by atoms with Gasteiger partial charge in [0.05, 0.1) is 11.3 Å². The molecule has 0 aliphatic rings. The number of carbonyl (C=O) groups is 1. The lowest BCUT2D eigenvalue weighted by Crippen LogP contribution is -2.21. The SMILES string of the molecule is O=C(O)CSc1nc2ccccc2c2nc(=O)c(Cc3ccccc3)nn12. The fourth-order valence-electron chi connectivity index (χ4n) is 2.76. The molecule has 0 aliphatic carbocycles. The second kappa shape index (κ2) is 7.16. The molecule has 4 rings (SSSR count). The van der Waals surface area contributed by atoms with Crippen LogP contribution in [0.5, 0.6) is 0 Å². The highest BCUT2D eigenvalue weighted by atomic mass is 32.2. The second-order valence-electron chi connectivity index (χ2n) is 5.86. The Bertz CT molecular complexity index is 1210. The van der Waals surface area contributed by atoms with Gasteiger partial charge in [0.25, 0.3) is 5.56 Å². The molecular formula is C19H14N4O3S. The Labute approximate surface area is 157 Å². The van der Waals surface area contributed by atoms with E-state index in [4.69, 9.17) is 5.11 Å². The molecule has 0 saturated carbocycles. The van der Waals surface area contributed by atoms with Crippen molar-refractivity contribution in [1.82, 2.24) is 19.6 Å². The summed E-state index contributed by atoms with van der Waals surface area (Å²) in [6.45, 7) is 0. The van der Waals surface area contributed by atoms with Crippen LogP contribution in [-0.2, 0) is 11.2 Å². The first-order valence-electron chi connectivity index (χ1n) is 8.19. The maximum absolute atomic E-state index is 12.6. The molecule has 134 valence electrons. The highest BCUT2D eigenvalue weighted by molar-refractivity contribution is 7.99. The third-order valence-corrected chi connectivity index (χ3v) is 4.87. The zero-order valence-corrected chi connectivity index (χ0v) is 14.9. The van der Waals surface area contributed by atoms with E-state index in [9.17, 15) is 9.59 Å². The zero-order chi connectivity index (χ0) is 18.8. The Morgan fingerprint density at radius 1 is 1.04 bits per heavy atom. The van der Waals surface area contributed by atoms with Gasteiger partial charge in [0.15, 0.2) is 10.8 Å². The van der Waals surface area contributed by atoms with E-state index in [0.717, 1.165) is 17.3 Å². The monoisotopic (exact) mass is 378 g/mol. The quantitative estimate of drug-likeness (QED) is 0.323. The molecule has 0 atom stereocenters. The Morgan fingerprint density at radius 2 is 1.78 bits per heavy atom. The van der Waals surface area contributed by atoms with Crippen LogP contribution < -0.4 is 5.56 Å². The minimum Gasteiger partial charge on any atom is -0.481 e. The second-order valence-corrected chi connectivity index (χ2v) is 6.80. The standard InChI is InChI=1S/C19H14N4O3S/c24-16(25)11-27-19-20-14-9-5-4-8-13(14)17-21-18(26)15(22-23(17)19)10-12-6-2-1-3-7-12/h1-9H,10-11H2,(H,24,25). The molecule has 0 fully saturated rings. The van der Waals surface area contributed by atoms with Crippen LogP contribution in [0, 0.1) is 0 Å². The maximum Gasteiger partial charge on any atom is 0.313 e. The fraction of sp³-hybridized carbons (Fsp3) is 0.105. The molecule has 2 aromatic carbocycles. The van der Waals surface area contributed by atoms with Crippen molar-refractivity contribution in [3.8, 4) is 0 Å². The highest BCUT2D eigenvalue weighted by Crippen LogP contribution is 2.22. The zero-order valence-electron chi connectivity index (χ0n) is 14.1. The number of para-hydroxylation sites is 1. The lowest BCUT2D eigenvalue weighted by molar-refractivity contribution is -0.133. The largest absolute Gasteiger partial charge is 0.481 e. The van der Waals surface area contributed by atoms with Gasteiger partial charge in [0.2, 0.25) is 0 Å². The van der Waals surface area contributed by atoms with Gasteiger partial charge in [-0.2, -0.15) is 14.6 Å². The van der Waals surface area contributed by atoms with Gasteiger partial charge >= 0.3 is 5.97 Å². The summed E-state index contributed by atoms with van der Waals surface area (Å²) < 4.78 is 1.47. The summed E-state index contributed by atoms with van der Waals surface area (Å²) in [5.74, 6) is -1.12. The molecule has 0 spiro atoms. The number of aliphatic carboxylic acids is 1. The molecule has 2 aromatic heterocycles. The van der Waals surface area contributed by atoms with Gasteiger partial charge in [-0.25, -0.2) is 4.98 Å². The number of nitrogens with zero attached hydrogens (tertiary/aromatic N) is 4. The fourth-order valence-corrected chi connectivity index (χ4v) is 3.42. The first-order valence-corrected chi connectivity index (χ1v) is 9.17. The minimum atomic E-state index is -0.957. The molecule has 0 bridgehead atoms. The highest BCUT2D eigenvalue weighted by Gasteiger charge is 2.15. The number of carboxylic acid groups (broad SMARTS) is 1. The summed E-state index contributed by atoms with van der Waals surface area (Å²) in [5, 5.41) is 14.5. The number of aromatic nitrogens is 4. The van der Waals surface area contributed by atoms with Gasteiger partial charge in [-0.05, 0) is 17.7 Å². The first kappa shape index (κ1) is 17.2. The summed E-state index contributed by atoms with van der Waals surface area (Å²) in [6, 6.07) is 16.8. The average Bonchev–Trinajstić information content (AvgIpc) is 2.68. The van der Waals surface area contributed by atoms with Crippen molar-refractivity contribution in [3.63, 3.8) is 0 Å². The molecule has 2 heterocycles. The number of hydrogen-bond acceptors (Lipinski definition) is 6. The van der Waals surface area contributed by atoms with E-state index in [-0.39, 0.29) is 11.4 Å². The molecular weight excluding hydrogens is 364 g/mol. The van der Waals surface area contributed by atoms with Crippen LogP contribution in [0.15, 0.2) is 64.5 Å². The number of hydrogen-bond donors (Lipinski definition) is 1. The topological polar surface area (TPSA) is 97.5 Å². The Hall–Kier alpha value is -3.26. The van der Waals surface area contributed by atoms with Crippen LogP contribution >= 0.6 is 11.8 Å². The first-order chi connectivity index (χ1) is 13.1. The van der Waals surface area contributed by atoms with Crippen LogP contribution in [0.3, 0.4) is 0 Å². The van der Waals surface area contributed by atoms with Gasteiger partial charge < -0.3 is 5.11 Å². The molecule has 0 radical (unpaired) electrons. The summed E-state index contributed by atoms with van der Waals surface area (Å²) in [4.78, 5) is 32.3. The summed E-state index contributed by atoms with van der Waals surface area (Å²) in [6.07, 6.45) is 0.339. The predicted molar refractivity (Wildman–Crippen MR) is 102 cm³/mol. The number of thioether (sulfide) groups is 1. The number of carboxylic acids is 1. The van der Waals surface area contributed by atoms with E-state index in [2.05, 4.69) is 15.1 Å². The molecule has 0 aliphatic heterocycles. The van der Waals surface area contributed by atoms with E-state index >= 15 is 0 Å². The number of fused-ring (bicyclic) bond motifs is 3.